The molecule has 270 valence electrons. The average Bonchev–Trinajstić information content (AvgIpc) is 3.76. The van der Waals surface area contributed by atoms with E-state index in [0.29, 0.717) is 42.9 Å². The van der Waals surface area contributed by atoms with Gasteiger partial charge in [0.25, 0.3) is 5.56 Å². The molecule has 4 aromatic heterocycles. The Morgan fingerprint density at radius 1 is 1.00 bits per heavy atom. The van der Waals surface area contributed by atoms with Gasteiger partial charge in [0, 0.05) is 44.8 Å². The van der Waals surface area contributed by atoms with E-state index in [1.807, 2.05) is 19.1 Å². The molecule has 7 N–H and O–H groups in total. The van der Waals surface area contributed by atoms with Crippen LogP contribution in [0, 0.1) is 5.92 Å². The molecule has 1 fully saturated rings. The fourth-order valence-electron chi connectivity index (χ4n) is 6.18. The normalized spacial score (nSPS) is 18.7. The Bertz CT molecular complexity index is 2220. The van der Waals surface area contributed by atoms with E-state index in [4.69, 9.17) is 10.5 Å². The highest BCUT2D eigenvalue weighted by molar-refractivity contribution is 5.99. The molecule has 19 nitrogen and oxygen atoms in total. The fourth-order valence-corrected chi connectivity index (χ4v) is 6.18. The Hall–Kier alpha value is -5.82. The summed E-state index contributed by atoms with van der Waals surface area (Å²) in [7, 11) is 1.60. The van der Waals surface area contributed by atoms with Crippen molar-refractivity contribution in [1.82, 2.24) is 43.5 Å². The number of nitrogens with one attached hydrogen (secondary N) is 4. The van der Waals surface area contributed by atoms with E-state index >= 15 is 0 Å². The third-order valence-electron chi connectivity index (χ3n) is 8.93. The van der Waals surface area contributed by atoms with E-state index in [2.05, 4.69) is 41.2 Å². The lowest BCUT2D eigenvalue weighted by molar-refractivity contribution is -0.135. The summed E-state index contributed by atoms with van der Waals surface area (Å²) in [4.78, 5) is 68.6. The van der Waals surface area contributed by atoms with Gasteiger partial charge in [-0.05, 0) is 44.9 Å². The van der Waals surface area contributed by atoms with Crippen molar-refractivity contribution >= 4 is 57.7 Å². The molecule has 1 saturated heterocycles. The van der Waals surface area contributed by atoms with Gasteiger partial charge in [-0.15, -0.1) is 0 Å². The summed E-state index contributed by atoms with van der Waals surface area (Å²) < 4.78 is 11.5. The fraction of sp³-hybridized carbons (Fsp3) is 0.438. The number of hydrogen-bond donors (Lipinski definition) is 6. The number of imidazole rings is 2. The molecule has 0 radical (unpaired) electrons. The molecule has 1 aliphatic heterocycles. The molecule has 0 saturated carbocycles. The number of amides is 3. The molecule has 1 aliphatic rings. The minimum atomic E-state index is -0.984. The van der Waals surface area contributed by atoms with Crippen LogP contribution in [0.4, 0.5) is 28.2 Å². The third kappa shape index (κ3) is 6.47. The van der Waals surface area contributed by atoms with E-state index in [1.165, 1.54) is 15.5 Å². The topological polar surface area (TPSA) is 243 Å². The Morgan fingerprint density at radius 2 is 1.73 bits per heavy atom. The predicted molar refractivity (Wildman–Crippen MR) is 189 cm³/mol. The van der Waals surface area contributed by atoms with Gasteiger partial charge in [0.05, 0.1) is 6.33 Å². The van der Waals surface area contributed by atoms with Crippen molar-refractivity contribution in [2.24, 2.45) is 13.0 Å². The lowest BCUT2D eigenvalue weighted by Crippen LogP contribution is -2.39. The number of nitrogens with zero attached hydrogens (tertiary/aromatic N) is 8. The summed E-state index contributed by atoms with van der Waals surface area (Å²) in [5, 5.41) is 22.2. The summed E-state index contributed by atoms with van der Waals surface area (Å²) in [5.41, 5.74) is 7.86. The number of aromatic nitrogens is 8. The first kappa shape index (κ1) is 35.0. The van der Waals surface area contributed by atoms with Crippen LogP contribution in [0.3, 0.4) is 0 Å². The molecule has 6 rings (SSSR count). The zero-order valence-electron chi connectivity index (χ0n) is 28.9. The molecular formula is C32H41N13O6. The molecular weight excluding hydrogens is 662 g/mol. The van der Waals surface area contributed by atoms with Crippen molar-refractivity contribution in [2.45, 2.75) is 65.6 Å². The van der Waals surface area contributed by atoms with E-state index in [9.17, 15) is 24.3 Å². The first-order valence-corrected chi connectivity index (χ1v) is 16.7. The van der Waals surface area contributed by atoms with Gasteiger partial charge in [0.2, 0.25) is 17.8 Å². The Kier molecular flexibility index (Phi) is 9.75. The lowest BCUT2D eigenvalue weighted by Gasteiger charge is -2.17. The van der Waals surface area contributed by atoms with Gasteiger partial charge in [-0.2, -0.15) is 15.0 Å². The van der Waals surface area contributed by atoms with Gasteiger partial charge in [0.15, 0.2) is 28.9 Å². The van der Waals surface area contributed by atoms with Crippen LogP contribution in [0.5, 0.6) is 0 Å². The van der Waals surface area contributed by atoms with Crippen LogP contribution in [-0.4, -0.2) is 80.5 Å². The molecule has 0 aliphatic carbocycles. The van der Waals surface area contributed by atoms with E-state index in [-0.39, 0.29) is 41.3 Å². The predicted octanol–water partition coefficient (Wildman–Crippen LogP) is 0.988. The number of hydrogen-bond acceptors (Lipinski definition) is 12. The van der Waals surface area contributed by atoms with Crippen molar-refractivity contribution in [3.8, 4) is 0 Å². The number of carbonyl (C=O) groups excluding carboxylic acids is 2. The van der Waals surface area contributed by atoms with E-state index in [1.54, 1.807) is 44.5 Å². The smallest absolute Gasteiger partial charge is 0.332 e. The number of rotatable bonds is 11. The minimum absolute atomic E-state index is 0.118. The zero-order valence-corrected chi connectivity index (χ0v) is 28.9. The molecule has 3 amide bonds. The van der Waals surface area contributed by atoms with Crippen molar-refractivity contribution in [3.63, 3.8) is 0 Å². The summed E-state index contributed by atoms with van der Waals surface area (Å²) >= 11 is 0. The number of nitrogen functional groups attached to an aromatic ring is 1. The van der Waals surface area contributed by atoms with Gasteiger partial charge in [-0.1, -0.05) is 19.1 Å². The number of aliphatic hydroxyl groups is 1. The van der Waals surface area contributed by atoms with Gasteiger partial charge in [-0.3, -0.25) is 28.6 Å². The maximum absolute atomic E-state index is 12.9. The van der Waals surface area contributed by atoms with Gasteiger partial charge in [0.1, 0.15) is 17.7 Å². The number of nitrogens with two attached hydrogens (primary N) is 1. The highest BCUT2D eigenvalue weighted by Crippen LogP contribution is 2.36. The van der Waals surface area contributed by atoms with Crippen molar-refractivity contribution < 1.29 is 19.4 Å². The number of ether oxygens (including phenoxy) is 1. The highest BCUT2D eigenvalue weighted by Gasteiger charge is 2.46. The van der Waals surface area contributed by atoms with Crippen molar-refractivity contribution in [2.75, 3.05) is 34.8 Å². The highest BCUT2D eigenvalue weighted by atomic mass is 16.5. The molecule has 19 heteroatoms. The summed E-state index contributed by atoms with van der Waals surface area (Å²) in [5.74, 6) is -0.243. The molecule has 0 bridgehead atoms. The number of aryl methyl sites for hydroxylation is 2. The van der Waals surface area contributed by atoms with Crippen LogP contribution in [0.1, 0.15) is 39.5 Å². The van der Waals surface area contributed by atoms with Crippen LogP contribution in [0.25, 0.3) is 22.3 Å². The van der Waals surface area contributed by atoms with Crippen molar-refractivity contribution in [3.05, 3.63) is 57.0 Å². The monoisotopic (exact) mass is 703 g/mol. The standard InChI is InChI=1S/C32H41N13O6/c1-6-34-26(47)22-16(4)21(46)28(51-22)45-15-36-19-23(33)38-29(39-24(19)45)35-14-13-17-9-11-18(12-10-17)37-31(49)41-30-40-25-20(42(30)5)27(48)44(8-3)32(50)43(25)7-2/h9-12,15-16,21-22,28,46H,6-8,13-14H2,1-5H3,(H,34,47)(H3,33,35,38,39)(H2,37,40,41,49)/t16-,21+,22+,28+/m0/s1. The second-order valence-electron chi connectivity index (χ2n) is 12.1. The molecule has 5 heterocycles. The summed E-state index contributed by atoms with van der Waals surface area (Å²) in [6.07, 6.45) is -0.667. The Morgan fingerprint density at radius 3 is 2.41 bits per heavy atom. The second kappa shape index (κ2) is 14.2. The Balaban J connectivity index is 1.08. The van der Waals surface area contributed by atoms with E-state index < -0.39 is 41.6 Å². The molecule has 51 heavy (non-hydrogen) atoms. The number of urea groups is 1. The minimum Gasteiger partial charge on any atom is -0.388 e. The van der Waals surface area contributed by atoms with Gasteiger partial charge >= 0.3 is 11.7 Å². The van der Waals surface area contributed by atoms with Crippen LogP contribution >= 0.6 is 0 Å². The summed E-state index contributed by atoms with van der Waals surface area (Å²) in [6.45, 7) is 8.47. The number of fused-ring (bicyclic) bond motifs is 2. The first-order chi connectivity index (χ1) is 24.5. The van der Waals surface area contributed by atoms with Crippen LogP contribution in [-0.2, 0) is 36.1 Å². The second-order valence-corrected chi connectivity index (χ2v) is 12.1. The summed E-state index contributed by atoms with van der Waals surface area (Å²) in [6, 6.07) is 6.65. The number of carbonyl (C=O) groups is 2. The third-order valence-corrected chi connectivity index (χ3v) is 8.93. The first-order valence-electron chi connectivity index (χ1n) is 16.7. The van der Waals surface area contributed by atoms with Gasteiger partial charge < -0.3 is 36.1 Å². The van der Waals surface area contributed by atoms with Crippen LogP contribution in [0.15, 0.2) is 40.2 Å². The SMILES string of the molecule is CCNC(=O)[C@@H]1O[C@@H](n2cnc3c(N)nc(NCCc4ccc(NC(=O)Nc5nc6c(c(=O)n(CC)c(=O)n6CC)n5C)cc4)nc32)[C@H](O)[C@@H]1C. The molecule has 5 aromatic rings. The molecule has 4 atom stereocenters. The van der Waals surface area contributed by atoms with Crippen LogP contribution in [0.2, 0.25) is 0 Å². The zero-order chi connectivity index (χ0) is 36.6. The van der Waals surface area contributed by atoms with Crippen LogP contribution < -0.4 is 38.2 Å². The lowest BCUT2D eigenvalue weighted by atomic mass is 10.00. The number of anilines is 4. The largest absolute Gasteiger partial charge is 0.388 e. The molecule has 0 unspecified atom stereocenters. The maximum Gasteiger partial charge on any atom is 0.332 e. The molecule has 1 aromatic carbocycles. The van der Waals surface area contributed by atoms with E-state index in [0.717, 1.165) is 10.1 Å². The molecule has 0 spiro atoms. The quantitative estimate of drug-likeness (QED) is 0.113. The maximum atomic E-state index is 12.9. The number of likely N-dealkylation sites (N-methyl/N-ethyl adjacent to an activating group) is 1. The van der Waals surface area contributed by atoms with Gasteiger partial charge in [-0.25, -0.2) is 14.6 Å². The number of benzene rings is 1. The Labute approximate surface area is 290 Å². The van der Waals surface area contributed by atoms with Crippen molar-refractivity contribution in [1.29, 1.82) is 0 Å². The number of aliphatic hydroxyl groups excluding tert-OH is 1. The average molecular weight is 704 g/mol.